The van der Waals surface area contributed by atoms with E-state index in [1.165, 1.54) is 4.90 Å². The van der Waals surface area contributed by atoms with Crippen molar-refractivity contribution in [2.24, 2.45) is 0 Å². The number of amides is 1. The van der Waals surface area contributed by atoms with E-state index >= 15 is 0 Å². The molecule has 0 fully saturated rings. The molecular weight excluding hydrogens is 370 g/mol. The number of anilines is 1. The van der Waals surface area contributed by atoms with E-state index in [2.05, 4.69) is 10.2 Å². The first-order chi connectivity index (χ1) is 14.0. The summed E-state index contributed by atoms with van der Waals surface area (Å²) in [4.78, 5) is 40.3. The molecule has 1 amide bonds. The monoisotopic (exact) mass is 389 g/mol. The normalized spacial score (nSPS) is 16.2. The highest BCUT2D eigenvalue weighted by molar-refractivity contribution is 6.51. The van der Waals surface area contributed by atoms with Gasteiger partial charge in [-0.3, -0.25) is 24.6 Å². The van der Waals surface area contributed by atoms with Crippen LogP contribution in [-0.4, -0.2) is 35.5 Å². The first-order valence-corrected chi connectivity index (χ1v) is 9.17. The zero-order valence-corrected chi connectivity index (χ0v) is 16.0. The Morgan fingerprint density at radius 2 is 1.83 bits per heavy atom. The number of rotatable bonds is 3. The number of ether oxygens (including phenoxy) is 1. The topological polar surface area (TPSA) is 95.3 Å². The SMILES string of the molecule is CCN1C(=O)C(=c2[nH][nH]c(=O)/c2=C/c2cccc(OC)c2)C(=O)c2ccccc21. The van der Waals surface area contributed by atoms with Gasteiger partial charge in [0.2, 0.25) is 5.78 Å². The minimum Gasteiger partial charge on any atom is -0.497 e. The molecule has 0 spiro atoms. The number of fused-ring (bicyclic) bond motifs is 1. The minimum absolute atomic E-state index is 0.0574. The van der Waals surface area contributed by atoms with Gasteiger partial charge in [0, 0.05) is 12.1 Å². The van der Waals surface area contributed by atoms with E-state index in [-0.39, 0.29) is 16.1 Å². The third kappa shape index (κ3) is 3.06. The van der Waals surface area contributed by atoms with Gasteiger partial charge >= 0.3 is 0 Å². The lowest BCUT2D eigenvalue weighted by Gasteiger charge is -2.28. The molecule has 4 rings (SSSR count). The van der Waals surface area contributed by atoms with Crippen LogP contribution in [0.3, 0.4) is 0 Å². The number of para-hydroxylation sites is 1. The molecule has 29 heavy (non-hydrogen) atoms. The van der Waals surface area contributed by atoms with Crippen molar-refractivity contribution >= 4 is 29.0 Å². The van der Waals surface area contributed by atoms with Gasteiger partial charge in [0.05, 0.1) is 23.4 Å². The van der Waals surface area contributed by atoms with Gasteiger partial charge in [-0.15, -0.1) is 0 Å². The summed E-state index contributed by atoms with van der Waals surface area (Å²) in [6, 6.07) is 14.1. The fourth-order valence-electron chi connectivity index (χ4n) is 3.51. The van der Waals surface area contributed by atoms with Gasteiger partial charge in [0.25, 0.3) is 11.5 Å². The van der Waals surface area contributed by atoms with Gasteiger partial charge in [0.15, 0.2) is 0 Å². The fourth-order valence-corrected chi connectivity index (χ4v) is 3.51. The number of aromatic nitrogens is 2. The van der Waals surface area contributed by atoms with Gasteiger partial charge in [-0.05, 0) is 42.8 Å². The Labute approximate surface area is 165 Å². The van der Waals surface area contributed by atoms with E-state index in [4.69, 9.17) is 4.74 Å². The zero-order chi connectivity index (χ0) is 20.5. The molecule has 0 radical (unpaired) electrons. The lowest BCUT2D eigenvalue weighted by molar-refractivity contribution is -0.113. The maximum Gasteiger partial charge on any atom is 0.271 e. The van der Waals surface area contributed by atoms with Crippen molar-refractivity contribution in [3.05, 3.63) is 80.6 Å². The van der Waals surface area contributed by atoms with Crippen LogP contribution in [0.1, 0.15) is 22.8 Å². The molecule has 7 nitrogen and oxygen atoms in total. The molecule has 7 heteroatoms. The molecule has 2 heterocycles. The molecule has 0 saturated heterocycles. The molecule has 146 valence electrons. The molecular formula is C22H19N3O4. The Kier molecular flexibility index (Phi) is 4.64. The van der Waals surface area contributed by atoms with Gasteiger partial charge in [-0.1, -0.05) is 24.3 Å². The summed E-state index contributed by atoms with van der Waals surface area (Å²) in [5.41, 5.74) is 1.24. The van der Waals surface area contributed by atoms with Crippen molar-refractivity contribution in [3.8, 4) is 5.75 Å². The quantitative estimate of drug-likeness (QED) is 0.697. The Hall–Kier alpha value is -3.87. The number of hydrogen-bond acceptors (Lipinski definition) is 4. The van der Waals surface area contributed by atoms with E-state index in [1.54, 1.807) is 55.7 Å². The molecule has 2 aromatic carbocycles. The molecule has 0 unspecified atom stereocenters. The molecule has 0 atom stereocenters. The van der Waals surface area contributed by atoms with Crippen LogP contribution in [0, 0.1) is 0 Å². The number of nitrogens with zero attached hydrogens (tertiary/aromatic N) is 1. The van der Waals surface area contributed by atoms with Gasteiger partial charge in [0.1, 0.15) is 11.3 Å². The van der Waals surface area contributed by atoms with Crippen molar-refractivity contribution in [1.29, 1.82) is 0 Å². The van der Waals surface area contributed by atoms with Crippen molar-refractivity contribution in [2.45, 2.75) is 6.92 Å². The molecule has 2 N–H and O–H groups in total. The van der Waals surface area contributed by atoms with Crippen LogP contribution in [0.2, 0.25) is 0 Å². The zero-order valence-electron chi connectivity index (χ0n) is 16.0. The minimum atomic E-state index is -0.438. The summed E-state index contributed by atoms with van der Waals surface area (Å²) in [7, 11) is 1.56. The average Bonchev–Trinajstić information content (AvgIpc) is 3.09. The van der Waals surface area contributed by atoms with Crippen molar-refractivity contribution in [3.63, 3.8) is 0 Å². The lowest BCUT2D eigenvalue weighted by Crippen LogP contribution is -2.45. The fraction of sp³-hybridized carbons (Fsp3) is 0.136. The van der Waals surface area contributed by atoms with Crippen LogP contribution in [0.5, 0.6) is 5.75 Å². The summed E-state index contributed by atoms with van der Waals surface area (Å²) in [6.45, 7) is 2.24. The highest BCUT2D eigenvalue weighted by Gasteiger charge is 2.35. The Morgan fingerprint density at radius 1 is 1.03 bits per heavy atom. The molecule has 3 aromatic rings. The van der Waals surface area contributed by atoms with Crippen LogP contribution in [-0.2, 0) is 4.79 Å². The average molecular weight is 389 g/mol. The predicted molar refractivity (Wildman–Crippen MR) is 109 cm³/mol. The lowest BCUT2D eigenvalue weighted by atomic mass is 9.94. The third-order valence-corrected chi connectivity index (χ3v) is 4.91. The van der Waals surface area contributed by atoms with Crippen molar-refractivity contribution in [2.75, 3.05) is 18.6 Å². The summed E-state index contributed by atoms with van der Waals surface area (Å²) < 4.78 is 5.22. The molecule has 1 aromatic heterocycles. The summed E-state index contributed by atoms with van der Waals surface area (Å²) in [5, 5.41) is 5.61. The second kappa shape index (κ2) is 7.27. The number of Topliss-reactive ketones (excluding diaryl/α,β-unsaturated/α-hetero) is 1. The molecule has 1 aliphatic rings. The highest BCUT2D eigenvalue weighted by atomic mass is 16.5. The smallest absolute Gasteiger partial charge is 0.271 e. The number of methoxy groups -OCH3 is 1. The van der Waals surface area contributed by atoms with Gasteiger partial charge in [-0.25, -0.2) is 0 Å². The van der Waals surface area contributed by atoms with E-state index in [9.17, 15) is 14.4 Å². The highest BCUT2D eigenvalue weighted by Crippen LogP contribution is 2.29. The van der Waals surface area contributed by atoms with E-state index < -0.39 is 17.2 Å². The Balaban J connectivity index is 2.02. The van der Waals surface area contributed by atoms with Crippen LogP contribution in [0.15, 0.2) is 53.3 Å². The summed E-state index contributed by atoms with van der Waals surface area (Å²) in [5.74, 6) is -0.214. The van der Waals surface area contributed by atoms with Crippen LogP contribution >= 0.6 is 0 Å². The largest absolute Gasteiger partial charge is 0.497 e. The van der Waals surface area contributed by atoms with E-state index in [1.807, 2.05) is 13.0 Å². The maximum absolute atomic E-state index is 13.1. The number of carbonyl (C=O) groups is 2. The number of hydrogen-bond donors (Lipinski definition) is 2. The van der Waals surface area contributed by atoms with Gasteiger partial charge in [-0.2, -0.15) is 0 Å². The van der Waals surface area contributed by atoms with E-state index in [0.717, 1.165) is 0 Å². The molecule has 1 aliphatic heterocycles. The van der Waals surface area contributed by atoms with Crippen LogP contribution in [0.4, 0.5) is 5.69 Å². The maximum atomic E-state index is 13.1. The number of H-pyrrole nitrogens is 2. The number of ketones is 1. The van der Waals surface area contributed by atoms with Gasteiger partial charge < -0.3 is 9.64 Å². The molecule has 0 saturated carbocycles. The van der Waals surface area contributed by atoms with Crippen molar-refractivity contribution < 1.29 is 14.3 Å². The number of carbonyl (C=O) groups excluding carboxylic acids is 2. The Morgan fingerprint density at radius 3 is 2.59 bits per heavy atom. The summed E-state index contributed by atoms with van der Waals surface area (Å²) >= 11 is 0. The molecule has 0 bridgehead atoms. The third-order valence-electron chi connectivity index (χ3n) is 4.91. The molecule has 0 aliphatic carbocycles. The standard InChI is InChI=1S/C22H19N3O4/c1-3-25-17-10-5-4-9-15(17)20(26)18(22(25)28)19-16(21(27)24-23-19)12-13-7-6-8-14(11-13)29-2/h4-12,23H,3H2,1-2H3,(H,24,27)/b16-12+,19-18?. The summed E-state index contributed by atoms with van der Waals surface area (Å²) in [6.07, 6.45) is 1.62. The number of nitrogens with one attached hydrogen (secondary N) is 2. The number of aromatic amines is 2. The van der Waals surface area contributed by atoms with Crippen molar-refractivity contribution in [1.82, 2.24) is 10.2 Å². The predicted octanol–water partition coefficient (Wildman–Crippen LogP) is 0.941. The van der Waals surface area contributed by atoms with Crippen LogP contribution < -0.4 is 25.8 Å². The first-order valence-electron chi connectivity index (χ1n) is 9.17. The second-order valence-corrected chi connectivity index (χ2v) is 6.56. The van der Waals surface area contributed by atoms with E-state index in [0.29, 0.717) is 29.1 Å². The van der Waals surface area contributed by atoms with Crippen LogP contribution in [0.25, 0.3) is 11.6 Å². The second-order valence-electron chi connectivity index (χ2n) is 6.56. The Bertz CT molecular complexity index is 1300. The first kappa shape index (κ1) is 18.5. The number of benzene rings is 2.